The van der Waals surface area contributed by atoms with Gasteiger partial charge in [-0.15, -0.1) is 0 Å². The van der Waals surface area contributed by atoms with E-state index in [4.69, 9.17) is 0 Å². The summed E-state index contributed by atoms with van der Waals surface area (Å²) < 4.78 is 24.1. The Kier molecular flexibility index (Phi) is 2.79. The van der Waals surface area contributed by atoms with Gasteiger partial charge in [0.15, 0.2) is 0 Å². The summed E-state index contributed by atoms with van der Waals surface area (Å²) in [7, 11) is 0. The van der Waals surface area contributed by atoms with Gasteiger partial charge in [-0.3, -0.25) is 0 Å². The second-order valence-corrected chi connectivity index (χ2v) is 3.03. The topological polar surface area (TPSA) is 0 Å². The number of aryl methyl sites for hydroxylation is 2. The molecule has 0 amide bonds. The third kappa shape index (κ3) is 2.29. The largest absolute Gasteiger partial charge is 0.242 e. The van der Waals surface area contributed by atoms with Crippen molar-refractivity contribution >= 4 is 0 Å². The van der Waals surface area contributed by atoms with E-state index in [-0.39, 0.29) is 6.42 Å². The summed E-state index contributed by atoms with van der Waals surface area (Å²) in [5, 5.41) is 0. The van der Waals surface area contributed by atoms with Crippen LogP contribution in [0.3, 0.4) is 0 Å². The van der Waals surface area contributed by atoms with Gasteiger partial charge in [-0.2, -0.15) is 0 Å². The Hall–Kier alpha value is -0.920. The first-order chi connectivity index (χ1) is 5.59. The molecule has 0 aliphatic carbocycles. The van der Waals surface area contributed by atoms with E-state index in [2.05, 4.69) is 0 Å². The van der Waals surface area contributed by atoms with Gasteiger partial charge in [0.1, 0.15) is 0 Å². The fourth-order valence-corrected chi connectivity index (χ4v) is 1.19. The predicted molar refractivity (Wildman–Crippen MR) is 45.6 cm³/mol. The molecule has 1 rings (SSSR count). The molecule has 0 N–H and O–H groups in total. The summed E-state index contributed by atoms with van der Waals surface area (Å²) in [4.78, 5) is 0. The fourth-order valence-electron chi connectivity index (χ4n) is 1.19. The first-order valence-corrected chi connectivity index (χ1v) is 3.94. The number of halogens is 2. The molecular formula is C10H12F2. The Morgan fingerprint density at radius 1 is 1.25 bits per heavy atom. The highest BCUT2D eigenvalue weighted by molar-refractivity contribution is 5.30. The minimum atomic E-state index is -2.24. The molecule has 2 heteroatoms. The Balaban J connectivity index is 2.90. The van der Waals surface area contributed by atoms with Crippen molar-refractivity contribution in [1.82, 2.24) is 0 Å². The van der Waals surface area contributed by atoms with Gasteiger partial charge in [0, 0.05) is 6.42 Å². The summed E-state index contributed by atoms with van der Waals surface area (Å²) >= 11 is 0. The quantitative estimate of drug-likeness (QED) is 0.639. The molecule has 0 saturated heterocycles. The molecule has 1 aromatic carbocycles. The molecule has 0 aliphatic rings. The molecule has 0 spiro atoms. The van der Waals surface area contributed by atoms with Crippen molar-refractivity contribution in [2.45, 2.75) is 26.7 Å². The number of benzene rings is 1. The van der Waals surface area contributed by atoms with Crippen molar-refractivity contribution in [3.05, 3.63) is 34.9 Å². The van der Waals surface area contributed by atoms with Crippen LogP contribution in [0.25, 0.3) is 0 Å². The average Bonchev–Trinajstić information content (AvgIpc) is 1.96. The smallest absolute Gasteiger partial charge is 0.210 e. The molecule has 0 aromatic heterocycles. The van der Waals surface area contributed by atoms with E-state index in [1.54, 1.807) is 0 Å². The zero-order chi connectivity index (χ0) is 9.14. The fraction of sp³-hybridized carbons (Fsp3) is 0.400. The number of hydrogen-bond donors (Lipinski definition) is 0. The van der Waals surface area contributed by atoms with Crippen LogP contribution in [0.5, 0.6) is 0 Å². The van der Waals surface area contributed by atoms with Crippen LogP contribution in [0, 0.1) is 13.8 Å². The summed E-state index contributed by atoms with van der Waals surface area (Å²) in [5.41, 5.74) is 2.74. The number of rotatable bonds is 2. The van der Waals surface area contributed by atoms with Crippen LogP contribution in [0.2, 0.25) is 0 Å². The molecule has 0 atom stereocenters. The van der Waals surface area contributed by atoms with Crippen LogP contribution >= 0.6 is 0 Å². The summed E-state index contributed by atoms with van der Waals surface area (Å²) in [5.74, 6) is 0. The van der Waals surface area contributed by atoms with E-state index < -0.39 is 6.43 Å². The van der Waals surface area contributed by atoms with Crippen molar-refractivity contribution in [2.75, 3.05) is 0 Å². The van der Waals surface area contributed by atoms with Gasteiger partial charge in [-0.05, 0) is 25.0 Å². The third-order valence-corrected chi connectivity index (χ3v) is 1.88. The van der Waals surface area contributed by atoms with Crippen molar-refractivity contribution < 1.29 is 8.78 Å². The summed E-state index contributed by atoms with van der Waals surface area (Å²) in [6, 6.07) is 5.64. The molecule has 0 aliphatic heterocycles. The molecular weight excluding hydrogens is 158 g/mol. The van der Waals surface area contributed by atoms with Crippen molar-refractivity contribution in [3.63, 3.8) is 0 Å². The lowest BCUT2D eigenvalue weighted by molar-refractivity contribution is 0.149. The second kappa shape index (κ2) is 3.65. The first kappa shape index (κ1) is 9.17. The van der Waals surface area contributed by atoms with Gasteiger partial charge in [0.25, 0.3) is 0 Å². The number of alkyl halides is 2. The number of hydrogen-bond acceptors (Lipinski definition) is 0. The molecule has 12 heavy (non-hydrogen) atoms. The van der Waals surface area contributed by atoms with Gasteiger partial charge in [-0.1, -0.05) is 23.8 Å². The molecule has 0 unspecified atom stereocenters. The zero-order valence-electron chi connectivity index (χ0n) is 7.27. The third-order valence-electron chi connectivity index (χ3n) is 1.88. The zero-order valence-corrected chi connectivity index (χ0v) is 7.27. The van der Waals surface area contributed by atoms with Crippen molar-refractivity contribution in [1.29, 1.82) is 0 Å². The normalized spacial score (nSPS) is 10.8. The Bertz CT molecular complexity index is 267. The average molecular weight is 170 g/mol. The second-order valence-electron chi connectivity index (χ2n) is 3.03. The van der Waals surface area contributed by atoms with Gasteiger partial charge in [0.2, 0.25) is 6.43 Å². The van der Waals surface area contributed by atoms with E-state index >= 15 is 0 Å². The van der Waals surface area contributed by atoms with Crippen LogP contribution in [-0.4, -0.2) is 6.43 Å². The molecule has 0 saturated carbocycles. The van der Waals surface area contributed by atoms with E-state index in [0.717, 1.165) is 16.7 Å². The highest BCUT2D eigenvalue weighted by Gasteiger charge is 2.06. The van der Waals surface area contributed by atoms with Gasteiger partial charge < -0.3 is 0 Å². The van der Waals surface area contributed by atoms with E-state index in [9.17, 15) is 8.78 Å². The van der Waals surface area contributed by atoms with Gasteiger partial charge in [0.05, 0.1) is 0 Å². The monoisotopic (exact) mass is 170 g/mol. The predicted octanol–water partition coefficient (Wildman–Crippen LogP) is 3.11. The summed E-state index contributed by atoms with van der Waals surface area (Å²) in [6.07, 6.45) is -2.38. The maximum atomic E-state index is 12.0. The van der Waals surface area contributed by atoms with Crippen LogP contribution in [0.4, 0.5) is 8.78 Å². The minimum absolute atomic E-state index is 0.131. The molecule has 0 heterocycles. The van der Waals surface area contributed by atoms with E-state index in [1.165, 1.54) is 0 Å². The standard InChI is InChI=1S/C10H12F2/c1-7-3-4-8(2)9(5-7)6-10(11)12/h3-5,10H,6H2,1-2H3. The van der Waals surface area contributed by atoms with Crippen molar-refractivity contribution in [3.8, 4) is 0 Å². The highest BCUT2D eigenvalue weighted by Crippen LogP contribution is 2.14. The maximum Gasteiger partial charge on any atom is 0.242 e. The van der Waals surface area contributed by atoms with Crippen LogP contribution in [0.15, 0.2) is 18.2 Å². The molecule has 0 radical (unpaired) electrons. The minimum Gasteiger partial charge on any atom is -0.210 e. The lowest BCUT2D eigenvalue weighted by atomic mass is 10.0. The molecule has 0 nitrogen and oxygen atoms in total. The Morgan fingerprint density at radius 3 is 2.50 bits per heavy atom. The molecule has 0 fully saturated rings. The van der Waals surface area contributed by atoms with Gasteiger partial charge in [-0.25, -0.2) is 8.78 Å². The molecule has 66 valence electrons. The van der Waals surface area contributed by atoms with Crippen molar-refractivity contribution in [2.24, 2.45) is 0 Å². The Morgan fingerprint density at radius 2 is 1.92 bits per heavy atom. The van der Waals surface area contributed by atoms with Gasteiger partial charge >= 0.3 is 0 Å². The van der Waals surface area contributed by atoms with Crippen LogP contribution < -0.4 is 0 Å². The highest BCUT2D eigenvalue weighted by atomic mass is 19.3. The van der Waals surface area contributed by atoms with Crippen LogP contribution in [-0.2, 0) is 6.42 Å². The lowest BCUT2D eigenvalue weighted by Crippen LogP contribution is -1.99. The lowest BCUT2D eigenvalue weighted by Gasteiger charge is -2.05. The first-order valence-electron chi connectivity index (χ1n) is 3.94. The molecule has 0 bridgehead atoms. The molecule has 1 aromatic rings. The maximum absolute atomic E-state index is 12.0. The Labute approximate surface area is 71.2 Å². The van der Waals surface area contributed by atoms with E-state index in [1.807, 2.05) is 32.0 Å². The van der Waals surface area contributed by atoms with Crippen LogP contribution in [0.1, 0.15) is 16.7 Å². The SMILES string of the molecule is Cc1ccc(C)c(CC(F)F)c1. The summed E-state index contributed by atoms with van der Waals surface area (Å²) in [6.45, 7) is 3.77. The van der Waals surface area contributed by atoms with E-state index in [0.29, 0.717) is 0 Å².